The lowest BCUT2D eigenvalue weighted by Crippen LogP contribution is -2.36. The molecule has 2 aromatic rings. The van der Waals surface area contributed by atoms with Crippen LogP contribution >= 0.6 is 0 Å². The van der Waals surface area contributed by atoms with Gasteiger partial charge in [0.2, 0.25) is 0 Å². The van der Waals surface area contributed by atoms with Crippen molar-refractivity contribution in [2.24, 2.45) is 0 Å². The number of nitrogens with zero attached hydrogens (tertiary/aromatic N) is 3. The summed E-state index contributed by atoms with van der Waals surface area (Å²) in [6.45, 7) is 7.08. The van der Waals surface area contributed by atoms with Crippen LogP contribution in [0.4, 0.5) is 4.39 Å². The molecule has 1 aliphatic heterocycles. The van der Waals surface area contributed by atoms with Gasteiger partial charge in [0, 0.05) is 31.0 Å². The zero-order chi connectivity index (χ0) is 14.1. The van der Waals surface area contributed by atoms with Crippen molar-refractivity contribution in [3.8, 4) is 0 Å². The molecule has 0 bridgehead atoms. The Labute approximate surface area is 119 Å². The molecule has 1 atom stereocenters. The van der Waals surface area contributed by atoms with Crippen LogP contribution in [0.15, 0.2) is 30.5 Å². The van der Waals surface area contributed by atoms with Gasteiger partial charge in [-0.05, 0) is 49.6 Å². The highest BCUT2D eigenvalue weighted by atomic mass is 19.1. The molecule has 0 saturated heterocycles. The van der Waals surface area contributed by atoms with Crippen LogP contribution in [-0.4, -0.2) is 27.8 Å². The Balaban J connectivity index is 1.72. The SMILES string of the molecule is Cc1ccnn1CCN1CCc2ccc(F)cc2C1C. The maximum atomic E-state index is 13.4. The number of aromatic nitrogens is 2. The van der Waals surface area contributed by atoms with Gasteiger partial charge in [0.05, 0.1) is 6.54 Å². The van der Waals surface area contributed by atoms with E-state index >= 15 is 0 Å². The van der Waals surface area contributed by atoms with Gasteiger partial charge < -0.3 is 0 Å². The van der Waals surface area contributed by atoms with E-state index < -0.39 is 0 Å². The fraction of sp³-hybridized carbons (Fsp3) is 0.438. The van der Waals surface area contributed by atoms with Crippen LogP contribution in [0.1, 0.15) is 29.8 Å². The molecule has 2 heterocycles. The molecule has 0 aliphatic carbocycles. The van der Waals surface area contributed by atoms with Crippen LogP contribution in [-0.2, 0) is 13.0 Å². The first kappa shape index (κ1) is 13.3. The molecule has 1 aromatic carbocycles. The number of fused-ring (bicyclic) bond motifs is 1. The third kappa shape index (κ3) is 2.48. The van der Waals surface area contributed by atoms with Crippen molar-refractivity contribution >= 4 is 0 Å². The summed E-state index contributed by atoms with van der Waals surface area (Å²) in [4.78, 5) is 2.41. The van der Waals surface area contributed by atoms with Crippen molar-refractivity contribution < 1.29 is 4.39 Å². The lowest BCUT2D eigenvalue weighted by Gasteiger charge is -2.35. The summed E-state index contributed by atoms with van der Waals surface area (Å²) in [6, 6.07) is 7.46. The molecule has 0 saturated carbocycles. The molecule has 0 amide bonds. The number of hydrogen-bond acceptors (Lipinski definition) is 2. The van der Waals surface area contributed by atoms with E-state index in [9.17, 15) is 4.39 Å². The summed E-state index contributed by atoms with van der Waals surface area (Å²) < 4.78 is 15.4. The third-order valence-corrected chi connectivity index (χ3v) is 4.30. The second-order valence-electron chi connectivity index (χ2n) is 5.50. The number of rotatable bonds is 3. The summed E-state index contributed by atoms with van der Waals surface area (Å²) in [5.74, 6) is -0.139. The number of hydrogen-bond donors (Lipinski definition) is 0. The molecule has 1 aliphatic rings. The highest BCUT2D eigenvalue weighted by Crippen LogP contribution is 2.29. The lowest BCUT2D eigenvalue weighted by molar-refractivity contribution is 0.187. The fourth-order valence-electron chi connectivity index (χ4n) is 3.00. The van der Waals surface area contributed by atoms with Crippen molar-refractivity contribution in [3.63, 3.8) is 0 Å². The number of benzene rings is 1. The third-order valence-electron chi connectivity index (χ3n) is 4.30. The quantitative estimate of drug-likeness (QED) is 0.857. The highest BCUT2D eigenvalue weighted by molar-refractivity contribution is 5.32. The van der Waals surface area contributed by atoms with Gasteiger partial charge in [0.1, 0.15) is 5.82 Å². The van der Waals surface area contributed by atoms with Crippen LogP contribution in [0.3, 0.4) is 0 Å². The molecule has 0 fully saturated rings. The normalized spacial score (nSPS) is 19.1. The van der Waals surface area contributed by atoms with Crippen LogP contribution in [0.5, 0.6) is 0 Å². The first-order valence-corrected chi connectivity index (χ1v) is 7.16. The van der Waals surface area contributed by atoms with Gasteiger partial charge in [-0.15, -0.1) is 0 Å². The van der Waals surface area contributed by atoms with E-state index in [1.807, 2.05) is 23.0 Å². The van der Waals surface area contributed by atoms with Crippen molar-refractivity contribution in [3.05, 3.63) is 53.1 Å². The molecule has 1 aromatic heterocycles. The number of halogens is 1. The Kier molecular flexibility index (Phi) is 3.57. The topological polar surface area (TPSA) is 21.1 Å². The van der Waals surface area contributed by atoms with Gasteiger partial charge in [-0.25, -0.2) is 4.39 Å². The molecule has 1 unspecified atom stereocenters. The van der Waals surface area contributed by atoms with Crippen LogP contribution in [0.25, 0.3) is 0 Å². The van der Waals surface area contributed by atoms with Crippen LogP contribution in [0, 0.1) is 12.7 Å². The van der Waals surface area contributed by atoms with Gasteiger partial charge in [-0.2, -0.15) is 5.10 Å². The average Bonchev–Trinajstić information content (AvgIpc) is 2.84. The fourth-order valence-corrected chi connectivity index (χ4v) is 3.00. The van der Waals surface area contributed by atoms with Crippen LogP contribution < -0.4 is 0 Å². The molecule has 0 N–H and O–H groups in total. The Bertz CT molecular complexity index is 606. The molecule has 4 heteroatoms. The monoisotopic (exact) mass is 273 g/mol. The molecule has 20 heavy (non-hydrogen) atoms. The van der Waals surface area contributed by atoms with Crippen molar-refractivity contribution in [1.29, 1.82) is 0 Å². The van der Waals surface area contributed by atoms with Gasteiger partial charge >= 0.3 is 0 Å². The predicted octanol–water partition coefficient (Wildman–Crippen LogP) is 2.95. The molecule has 0 spiro atoms. The molecular weight excluding hydrogens is 253 g/mol. The minimum absolute atomic E-state index is 0.139. The molecular formula is C16H20FN3. The molecule has 3 nitrogen and oxygen atoms in total. The van der Waals surface area contributed by atoms with Gasteiger partial charge in [-0.1, -0.05) is 6.07 Å². The number of aryl methyl sites for hydroxylation is 1. The first-order chi connectivity index (χ1) is 9.65. The van der Waals surface area contributed by atoms with E-state index in [0.717, 1.165) is 31.6 Å². The minimum atomic E-state index is -0.139. The maximum Gasteiger partial charge on any atom is 0.123 e. The lowest BCUT2D eigenvalue weighted by atomic mass is 9.93. The van der Waals surface area contributed by atoms with Gasteiger partial charge in [0.15, 0.2) is 0 Å². The van der Waals surface area contributed by atoms with E-state index in [-0.39, 0.29) is 11.9 Å². The Morgan fingerprint density at radius 1 is 1.30 bits per heavy atom. The first-order valence-electron chi connectivity index (χ1n) is 7.16. The summed E-state index contributed by atoms with van der Waals surface area (Å²) in [5, 5.41) is 4.31. The summed E-state index contributed by atoms with van der Waals surface area (Å²) >= 11 is 0. The maximum absolute atomic E-state index is 13.4. The Morgan fingerprint density at radius 2 is 2.15 bits per heavy atom. The van der Waals surface area contributed by atoms with E-state index in [1.165, 1.54) is 11.3 Å². The zero-order valence-electron chi connectivity index (χ0n) is 12.0. The van der Waals surface area contributed by atoms with Crippen molar-refractivity contribution in [1.82, 2.24) is 14.7 Å². The van der Waals surface area contributed by atoms with E-state index in [2.05, 4.69) is 23.8 Å². The van der Waals surface area contributed by atoms with Crippen LogP contribution in [0.2, 0.25) is 0 Å². The molecule has 3 rings (SSSR count). The van der Waals surface area contributed by atoms with E-state index in [4.69, 9.17) is 0 Å². The Morgan fingerprint density at radius 3 is 2.90 bits per heavy atom. The van der Waals surface area contributed by atoms with E-state index in [1.54, 1.807) is 12.1 Å². The Hall–Kier alpha value is -1.68. The summed E-state index contributed by atoms with van der Waals surface area (Å²) in [6.07, 6.45) is 2.83. The smallest absolute Gasteiger partial charge is 0.123 e. The minimum Gasteiger partial charge on any atom is -0.294 e. The van der Waals surface area contributed by atoms with Crippen molar-refractivity contribution in [2.45, 2.75) is 32.9 Å². The average molecular weight is 273 g/mol. The van der Waals surface area contributed by atoms with E-state index in [0.29, 0.717) is 0 Å². The van der Waals surface area contributed by atoms with Crippen molar-refractivity contribution in [2.75, 3.05) is 13.1 Å². The second kappa shape index (κ2) is 5.37. The molecule has 0 radical (unpaired) electrons. The second-order valence-corrected chi connectivity index (χ2v) is 5.50. The largest absolute Gasteiger partial charge is 0.294 e. The zero-order valence-corrected chi connectivity index (χ0v) is 12.0. The van der Waals surface area contributed by atoms with Gasteiger partial charge in [-0.3, -0.25) is 9.58 Å². The summed E-state index contributed by atoms with van der Waals surface area (Å²) in [5.41, 5.74) is 3.60. The summed E-state index contributed by atoms with van der Waals surface area (Å²) in [7, 11) is 0. The predicted molar refractivity (Wildman–Crippen MR) is 77.1 cm³/mol. The van der Waals surface area contributed by atoms with Gasteiger partial charge in [0.25, 0.3) is 0 Å². The standard InChI is InChI=1S/C16H20FN3/c1-12-5-7-18-20(12)10-9-19-8-6-14-3-4-15(17)11-16(14)13(19)2/h3-5,7,11,13H,6,8-10H2,1-2H3. The highest BCUT2D eigenvalue weighted by Gasteiger charge is 2.23. The molecule has 106 valence electrons.